The van der Waals surface area contributed by atoms with Crippen LogP contribution in [-0.2, 0) is 30.6 Å². The molecule has 11 heteroatoms. The second-order valence-corrected chi connectivity index (χ2v) is 9.92. The number of nitrogens with one attached hydrogen (secondary N) is 2. The van der Waals surface area contributed by atoms with Crippen LogP contribution in [0, 0.1) is 0 Å². The number of fused-ring (bicyclic) bond motifs is 1. The largest absolute Gasteiger partial charge is 0.331 e. The van der Waals surface area contributed by atoms with Gasteiger partial charge < -0.3 is 10.2 Å². The van der Waals surface area contributed by atoms with Gasteiger partial charge in [-0.15, -0.1) is 11.0 Å². The third-order valence-electron chi connectivity index (χ3n) is 4.12. The molecule has 1 amide bonds. The van der Waals surface area contributed by atoms with Gasteiger partial charge in [-0.3, -0.25) is 4.79 Å². The van der Waals surface area contributed by atoms with Gasteiger partial charge in [-0.1, -0.05) is 18.2 Å². The summed E-state index contributed by atoms with van der Waals surface area (Å²) in [4.78, 5) is 14.2. The molecule has 154 valence electrons. The van der Waals surface area contributed by atoms with Crippen molar-refractivity contribution in [2.45, 2.75) is 5.75 Å². The zero-order valence-electron chi connectivity index (χ0n) is 15.4. The van der Waals surface area contributed by atoms with Crippen molar-refractivity contribution in [1.29, 1.82) is 0 Å². The van der Waals surface area contributed by atoms with Gasteiger partial charge in [0.1, 0.15) is 0 Å². The Kier molecular flexibility index (Phi) is 6.01. The molecular weight excluding hydrogens is 416 g/mol. The third-order valence-corrected chi connectivity index (χ3v) is 6.59. The lowest BCUT2D eigenvalue weighted by Gasteiger charge is -2.28. The summed E-state index contributed by atoms with van der Waals surface area (Å²) in [6, 6.07) is 6.33. The normalized spacial score (nSPS) is 17.7. The fourth-order valence-corrected chi connectivity index (χ4v) is 4.82. The van der Waals surface area contributed by atoms with Gasteiger partial charge in [0.15, 0.2) is 5.84 Å². The first-order valence-corrected chi connectivity index (χ1v) is 11.9. The van der Waals surface area contributed by atoms with Crippen LogP contribution in [0.2, 0.25) is 0 Å². The molecule has 0 aromatic heterocycles. The Balaban J connectivity index is 1.71. The Morgan fingerprint density at radius 2 is 2.00 bits per heavy atom. The maximum absolute atomic E-state index is 12.6. The average Bonchev–Trinajstić information content (AvgIpc) is 2.66. The summed E-state index contributed by atoms with van der Waals surface area (Å²) in [6.07, 6.45) is 6.27. The van der Waals surface area contributed by atoms with Gasteiger partial charge in [0.2, 0.25) is 10.0 Å². The van der Waals surface area contributed by atoms with Crippen LogP contribution in [0.25, 0.3) is 0 Å². The highest BCUT2D eigenvalue weighted by atomic mass is 32.2. The molecule has 1 aromatic rings. The Hall–Kier alpha value is -2.76. The number of allylic oxidation sites excluding steroid dienone is 2. The standard InChI is InChI=1S/C18H20N4O5S2/c1-2-9-19-29(26,27)13-14-5-7-15(8-6-14)20-18(23)16-4-3-10-22-11-12-28(24,25)21-17(16)22/h2-8,10,19H,1,9,11-13H2,(H,20,23). The van der Waals surface area contributed by atoms with Crippen molar-refractivity contribution in [3.05, 3.63) is 66.4 Å². The van der Waals surface area contributed by atoms with E-state index in [0.717, 1.165) is 0 Å². The SMILES string of the molecule is C=CCNS(=O)(=O)Cc1ccc(NC(=O)C2=CC=CN3CCS(=O)(=O)N=C23)cc1. The van der Waals surface area contributed by atoms with Crippen molar-refractivity contribution in [1.82, 2.24) is 9.62 Å². The minimum atomic E-state index is -3.60. The average molecular weight is 437 g/mol. The van der Waals surface area contributed by atoms with Crippen LogP contribution in [0.5, 0.6) is 0 Å². The van der Waals surface area contributed by atoms with Crippen LogP contribution in [0.1, 0.15) is 5.56 Å². The van der Waals surface area contributed by atoms with Gasteiger partial charge in [0.05, 0.1) is 17.1 Å². The number of nitrogens with zero attached hydrogens (tertiary/aromatic N) is 2. The lowest BCUT2D eigenvalue weighted by Crippen LogP contribution is -2.40. The number of amides is 1. The predicted octanol–water partition coefficient (Wildman–Crippen LogP) is 0.728. The minimum absolute atomic E-state index is 0.0901. The van der Waals surface area contributed by atoms with E-state index < -0.39 is 26.0 Å². The molecule has 0 bridgehead atoms. The maximum Gasteiger partial charge on any atom is 0.259 e. The Labute approximate surface area is 169 Å². The molecule has 0 fully saturated rings. The van der Waals surface area contributed by atoms with Crippen LogP contribution in [0.3, 0.4) is 0 Å². The van der Waals surface area contributed by atoms with E-state index in [2.05, 4.69) is 21.0 Å². The second-order valence-electron chi connectivity index (χ2n) is 6.36. The van der Waals surface area contributed by atoms with Crippen LogP contribution in [-0.4, -0.2) is 52.3 Å². The number of carbonyl (C=O) groups excluding carboxylic acids is 1. The summed E-state index contributed by atoms with van der Waals surface area (Å²) in [5, 5.41) is 2.67. The Bertz CT molecular complexity index is 1120. The van der Waals surface area contributed by atoms with E-state index >= 15 is 0 Å². The molecule has 2 N–H and O–H groups in total. The molecule has 2 heterocycles. The van der Waals surface area contributed by atoms with Gasteiger partial charge in [0, 0.05) is 25.0 Å². The van der Waals surface area contributed by atoms with Gasteiger partial charge in [-0.2, -0.15) is 0 Å². The molecule has 0 atom stereocenters. The fraction of sp³-hybridized carbons (Fsp3) is 0.222. The molecule has 9 nitrogen and oxygen atoms in total. The number of rotatable bonds is 7. The monoisotopic (exact) mass is 436 g/mol. The van der Waals surface area contributed by atoms with E-state index in [1.165, 1.54) is 12.2 Å². The molecule has 2 aliphatic rings. The van der Waals surface area contributed by atoms with E-state index in [9.17, 15) is 21.6 Å². The van der Waals surface area contributed by atoms with Crippen LogP contribution < -0.4 is 10.0 Å². The Morgan fingerprint density at radius 1 is 1.28 bits per heavy atom. The summed E-state index contributed by atoms with van der Waals surface area (Å²) >= 11 is 0. The van der Waals surface area contributed by atoms with Crippen LogP contribution >= 0.6 is 0 Å². The molecule has 2 aliphatic heterocycles. The van der Waals surface area contributed by atoms with Crippen molar-refractivity contribution in [3.63, 3.8) is 0 Å². The molecule has 1 aromatic carbocycles. The highest BCUT2D eigenvalue weighted by Crippen LogP contribution is 2.20. The van der Waals surface area contributed by atoms with Gasteiger partial charge in [-0.25, -0.2) is 21.6 Å². The van der Waals surface area contributed by atoms with E-state index in [-0.39, 0.29) is 36.0 Å². The molecule has 3 rings (SSSR count). The summed E-state index contributed by atoms with van der Waals surface area (Å²) < 4.78 is 53.5. The number of anilines is 1. The lowest BCUT2D eigenvalue weighted by atomic mass is 10.1. The quantitative estimate of drug-likeness (QED) is 0.607. The highest BCUT2D eigenvalue weighted by molar-refractivity contribution is 7.90. The number of hydrogen-bond acceptors (Lipinski definition) is 6. The van der Waals surface area contributed by atoms with E-state index in [0.29, 0.717) is 11.3 Å². The van der Waals surface area contributed by atoms with Gasteiger partial charge in [-0.05, 0) is 29.8 Å². The maximum atomic E-state index is 12.6. The van der Waals surface area contributed by atoms with Crippen molar-refractivity contribution in [2.75, 3.05) is 24.2 Å². The zero-order valence-corrected chi connectivity index (χ0v) is 17.0. The van der Waals surface area contributed by atoms with E-state index in [1.807, 2.05) is 0 Å². The number of amidine groups is 1. The summed E-state index contributed by atoms with van der Waals surface area (Å²) in [5.41, 5.74) is 1.13. The number of sulfonamides is 2. The van der Waals surface area contributed by atoms with Gasteiger partial charge in [0.25, 0.3) is 15.9 Å². The van der Waals surface area contributed by atoms with E-state index in [4.69, 9.17) is 0 Å². The van der Waals surface area contributed by atoms with Crippen molar-refractivity contribution >= 4 is 37.5 Å². The molecule has 0 saturated heterocycles. The fourth-order valence-electron chi connectivity index (χ4n) is 2.73. The second kappa shape index (κ2) is 8.31. The zero-order chi connectivity index (χ0) is 21.1. The molecule has 0 unspecified atom stereocenters. The van der Waals surface area contributed by atoms with Crippen LogP contribution in [0.4, 0.5) is 5.69 Å². The van der Waals surface area contributed by atoms with Crippen molar-refractivity contribution in [3.8, 4) is 0 Å². The van der Waals surface area contributed by atoms with E-state index in [1.54, 1.807) is 41.4 Å². The van der Waals surface area contributed by atoms with Gasteiger partial charge >= 0.3 is 0 Å². The van der Waals surface area contributed by atoms with Crippen molar-refractivity contribution < 1.29 is 21.6 Å². The first kappa shape index (κ1) is 21.0. The molecule has 0 spiro atoms. The minimum Gasteiger partial charge on any atom is -0.331 e. The highest BCUT2D eigenvalue weighted by Gasteiger charge is 2.29. The summed E-state index contributed by atoms with van der Waals surface area (Å²) in [5.74, 6) is -0.730. The first-order chi connectivity index (χ1) is 13.7. The number of hydrogen-bond donors (Lipinski definition) is 2. The van der Waals surface area contributed by atoms with Crippen LogP contribution in [0.15, 0.2) is 65.2 Å². The summed E-state index contributed by atoms with van der Waals surface area (Å²) in [7, 11) is -7.08. The third kappa shape index (κ3) is 5.40. The summed E-state index contributed by atoms with van der Waals surface area (Å²) in [6.45, 7) is 3.84. The smallest absolute Gasteiger partial charge is 0.259 e. The predicted molar refractivity (Wildman–Crippen MR) is 111 cm³/mol. The van der Waals surface area contributed by atoms with Crippen molar-refractivity contribution in [2.24, 2.45) is 4.40 Å². The molecule has 0 saturated carbocycles. The number of carbonyl (C=O) groups is 1. The topological polar surface area (TPSA) is 125 Å². The molecular formula is C18H20N4O5S2. The molecule has 0 aliphatic carbocycles. The first-order valence-electron chi connectivity index (χ1n) is 8.66. The molecule has 0 radical (unpaired) electrons. The Morgan fingerprint density at radius 3 is 2.69 bits per heavy atom. The lowest BCUT2D eigenvalue weighted by molar-refractivity contribution is -0.112. The number of benzene rings is 1. The molecule has 29 heavy (non-hydrogen) atoms.